The number of nitrogens with one attached hydrogen (secondary N) is 2. The Morgan fingerprint density at radius 3 is 2.34 bits per heavy atom. The smallest absolute Gasteiger partial charge is 0.281 e. The van der Waals surface area contributed by atoms with Crippen LogP contribution in [0.1, 0.15) is 38.6 Å². The van der Waals surface area contributed by atoms with Crippen molar-refractivity contribution in [3.63, 3.8) is 0 Å². The lowest BCUT2D eigenvalue weighted by atomic mass is 10.1. The Bertz CT molecular complexity index is 1030. The molecule has 2 amide bonds. The van der Waals surface area contributed by atoms with Crippen molar-refractivity contribution in [2.24, 2.45) is 0 Å². The molecule has 8 heteroatoms. The zero-order chi connectivity index (χ0) is 20.8. The van der Waals surface area contributed by atoms with Crippen molar-refractivity contribution in [3.05, 3.63) is 76.5 Å². The molecule has 1 heterocycles. The normalized spacial score (nSPS) is 10.4. The molecule has 0 spiro atoms. The van der Waals surface area contributed by atoms with Gasteiger partial charge in [-0.1, -0.05) is 30.3 Å². The second-order valence-corrected chi connectivity index (χ2v) is 7.23. The number of nitrogens with zero attached hydrogens (tertiary/aromatic N) is 1. The molecule has 0 fully saturated rings. The highest BCUT2D eigenvalue weighted by Gasteiger charge is 2.17. The Kier molecular flexibility index (Phi) is 6.46. The molecule has 0 saturated heterocycles. The summed E-state index contributed by atoms with van der Waals surface area (Å²) in [5.74, 6) is -1.69. The number of ketones is 1. The van der Waals surface area contributed by atoms with Crippen molar-refractivity contribution in [1.29, 1.82) is 0 Å². The van der Waals surface area contributed by atoms with E-state index in [9.17, 15) is 18.8 Å². The van der Waals surface area contributed by atoms with Crippen LogP contribution < -0.4 is 10.9 Å². The van der Waals surface area contributed by atoms with Gasteiger partial charge in [-0.15, -0.1) is 11.3 Å². The van der Waals surface area contributed by atoms with Gasteiger partial charge in [-0.3, -0.25) is 25.2 Å². The fourth-order valence-electron chi connectivity index (χ4n) is 2.56. The Morgan fingerprint density at radius 1 is 0.966 bits per heavy atom. The lowest BCUT2D eigenvalue weighted by molar-refractivity contribution is -0.121. The van der Waals surface area contributed by atoms with Gasteiger partial charge in [0.25, 0.3) is 5.91 Å². The third-order valence-corrected chi connectivity index (χ3v) is 5.29. The molecular weight excluding hydrogens is 393 g/mol. The molecule has 2 aromatic carbocycles. The minimum Gasteiger partial charge on any atom is -0.294 e. The molecule has 3 aromatic rings. The van der Waals surface area contributed by atoms with Crippen LogP contribution in [-0.2, 0) is 4.79 Å². The van der Waals surface area contributed by atoms with Gasteiger partial charge in [-0.25, -0.2) is 9.37 Å². The first-order valence-corrected chi connectivity index (χ1v) is 9.66. The molecule has 0 aliphatic rings. The average Bonchev–Trinajstić information content (AvgIpc) is 3.13. The molecule has 0 atom stereocenters. The molecule has 1 aromatic heterocycles. The van der Waals surface area contributed by atoms with Crippen molar-refractivity contribution in [2.75, 3.05) is 0 Å². The number of rotatable bonds is 6. The average molecular weight is 411 g/mol. The van der Waals surface area contributed by atoms with Crippen molar-refractivity contribution >= 4 is 28.9 Å². The number of carbonyl (C=O) groups excluding carboxylic acids is 3. The molecule has 148 valence electrons. The molecule has 0 bridgehead atoms. The molecule has 0 aliphatic heterocycles. The van der Waals surface area contributed by atoms with E-state index in [2.05, 4.69) is 15.8 Å². The maximum atomic E-state index is 12.9. The van der Waals surface area contributed by atoms with Gasteiger partial charge in [-0.2, -0.15) is 0 Å². The molecule has 6 nitrogen and oxygen atoms in total. The van der Waals surface area contributed by atoms with E-state index in [1.807, 2.05) is 30.3 Å². The number of thiazole rings is 1. The fourth-order valence-corrected chi connectivity index (χ4v) is 3.53. The van der Waals surface area contributed by atoms with Crippen LogP contribution in [0.3, 0.4) is 0 Å². The Hall–Kier alpha value is -3.39. The molecule has 0 aliphatic carbocycles. The summed E-state index contributed by atoms with van der Waals surface area (Å²) in [6.07, 6.45) is -0.154. The minimum absolute atomic E-state index is 0.0505. The summed E-state index contributed by atoms with van der Waals surface area (Å²) in [6.45, 7) is 1.72. The number of hydrogen-bond donors (Lipinski definition) is 2. The van der Waals surface area contributed by atoms with E-state index < -0.39 is 17.6 Å². The number of amides is 2. The predicted octanol–water partition coefficient (Wildman–Crippen LogP) is 3.68. The number of benzene rings is 2. The van der Waals surface area contributed by atoms with Crippen molar-refractivity contribution in [1.82, 2.24) is 15.8 Å². The van der Waals surface area contributed by atoms with Crippen LogP contribution in [0.25, 0.3) is 10.6 Å². The standard InChI is InChI=1S/C21H18FN3O3S/c1-13-19(29-21(23-13)15-5-3-2-4-6-15)20(28)25-24-18(27)12-11-17(26)14-7-9-16(22)10-8-14/h2-10H,11-12H2,1H3,(H,24,27)(H,25,28). The number of halogens is 1. The highest BCUT2D eigenvalue weighted by Crippen LogP contribution is 2.27. The molecular formula is C21H18FN3O3S. The maximum Gasteiger partial charge on any atom is 0.281 e. The van der Waals surface area contributed by atoms with Gasteiger partial charge in [0.2, 0.25) is 5.91 Å². The van der Waals surface area contributed by atoms with E-state index in [1.54, 1.807) is 6.92 Å². The highest BCUT2D eigenvalue weighted by molar-refractivity contribution is 7.17. The summed E-state index contributed by atoms with van der Waals surface area (Å²) in [6, 6.07) is 14.6. The second kappa shape index (κ2) is 9.20. The van der Waals surface area contributed by atoms with Gasteiger partial charge in [0.15, 0.2) is 5.78 Å². The van der Waals surface area contributed by atoms with Gasteiger partial charge in [0.05, 0.1) is 5.69 Å². The maximum absolute atomic E-state index is 12.9. The predicted molar refractivity (Wildman–Crippen MR) is 108 cm³/mol. The lowest BCUT2D eigenvalue weighted by Gasteiger charge is -2.06. The zero-order valence-corrected chi connectivity index (χ0v) is 16.4. The molecule has 0 radical (unpaired) electrons. The fraction of sp³-hybridized carbons (Fsp3) is 0.143. The first-order valence-electron chi connectivity index (χ1n) is 8.85. The van der Waals surface area contributed by atoms with E-state index in [1.165, 1.54) is 35.6 Å². The number of carbonyl (C=O) groups is 3. The van der Waals surface area contributed by atoms with Gasteiger partial charge in [0, 0.05) is 24.0 Å². The number of Topliss-reactive ketones (excluding diaryl/α,β-unsaturated/α-hetero) is 1. The first-order chi connectivity index (χ1) is 13.9. The molecule has 2 N–H and O–H groups in total. The summed E-state index contributed by atoms with van der Waals surface area (Å²) < 4.78 is 12.9. The lowest BCUT2D eigenvalue weighted by Crippen LogP contribution is -2.41. The SMILES string of the molecule is Cc1nc(-c2ccccc2)sc1C(=O)NNC(=O)CCC(=O)c1ccc(F)cc1. The number of aromatic nitrogens is 1. The van der Waals surface area contributed by atoms with Crippen molar-refractivity contribution in [2.45, 2.75) is 19.8 Å². The van der Waals surface area contributed by atoms with E-state index in [4.69, 9.17) is 0 Å². The summed E-state index contributed by atoms with van der Waals surface area (Å²) in [5.41, 5.74) is 6.45. The monoisotopic (exact) mass is 411 g/mol. The first kappa shape index (κ1) is 20.3. The van der Waals surface area contributed by atoms with Crippen LogP contribution in [-0.4, -0.2) is 22.6 Å². The minimum atomic E-state index is -0.501. The van der Waals surface area contributed by atoms with Gasteiger partial charge in [-0.05, 0) is 31.2 Å². The second-order valence-electron chi connectivity index (χ2n) is 6.23. The number of hydrazine groups is 1. The molecule has 3 rings (SSSR count). The third kappa shape index (κ3) is 5.32. The van der Waals surface area contributed by atoms with E-state index >= 15 is 0 Å². The van der Waals surface area contributed by atoms with Crippen molar-refractivity contribution in [3.8, 4) is 10.6 Å². The van der Waals surface area contributed by atoms with Crippen LogP contribution >= 0.6 is 11.3 Å². The summed E-state index contributed by atoms with van der Waals surface area (Å²) >= 11 is 1.23. The molecule has 0 saturated carbocycles. The highest BCUT2D eigenvalue weighted by atomic mass is 32.1. The van der Waals surface area contributed by atoms with E-state index in [0.717, 1.165) is 5.56 Å². The molecule has 0 unspecified atom stereocenters. The largest absolute Gasteiger partial charge is 0.294 e. The van der Waals surface area contributed by atoms with Crippen LogP contribution in [0.4, 0.5) is 4.39 Å². The van der Waals surface area contributed by atoms with Crippen LogP contribution in [0.2, 0.25) is 0 Å². The van der Waals surface area contributed by atoms with Gasteiger partial charge >= 0.3 is 0 Å². The number of aryl methyl sites for hydroxylation is 1. The van der Waals surface area contributed by atoms with Crippen LogP contribution in [0.5, 0.6) is 0 Å². The van der Waals surface area contributed by atoms with Crippen molar-refractivity contribution < 1.29 is 18.8 Å². The molecule has 29 heavy (non-hydrogen) atoms. The van der Waals surface area contributed by atoms with Crippen LogP contribution in [0.15, 0.2) is 54.6 Å². The number of hydrogen-bond acceptors (Lipinski definition) is 5. The Morgan fingerprint density at radius 2 is 1.66 bits per heavy atom. The summed E-state index contributed by atoms with van der Waals surface area (Å²) in [5, 5.41) is 0.712. The quantitative estimate of drug-likeness (QED) is 0.478. The van der Waals surface area contributed by atoms with Gasteiger partial charge < -0.3 is 0 Å². The summed E-state index contributed by atoms with van der Waals surface area (Å²) in [7, 11) is 0. The Labute approximate surface area is 170 Å². The topological polar surface area (TPSA) is 88.2 Å². The summed E-state index contributed by atoms with van der Waals surface area (Å²) in [4.78, 5) is 41.1. The van der Waals surface area contributed by atoms with Crippen LogP contribution in [0, 0.1) is 12.7 Å². The van der Waals surface area contributed by atoms with Gasteiger partial charge in [0.1, 0.15) is 15.7 Å². The van der Waals surface area contributed by atoms with E-state index in [-0.39, 0.29) is 18.6 Å². The zero-order valence-electron chi connectivity index (χ0n) is 15.6. The third-order valence-electron chi connectivity index (χ3n) is 4.08. The Balaban J connectivity index is 1.51. The van der Waals surface area contributed by atoms with E-state index in [0.29, 0.717) is 21.1 Å².